The van der Waals surface area contributed by atoms with Gasteiger partial charge in [-0.2, -0.15) is 4.31 Å². The molecule has 0 atom stereocenters. The highest BCUT2D eigenvalue weighted by Crippen LogP contribution is 2.14. The molecule has 0 heterocycles. The van der Waals surface area contributed by atoms with Gasteiger partial charge in [-0.1, -0.05) is 30.3 Å². The number of carbonyl (C=O) groups is 1. The Morgan fingerprint density at radius 2 is 1.74 bits per heavy atom. The lowest BCUT2D eigenvalue weighted by Crippen LogP contribution is -2.38. The normalized spacial score (nSPS) is 11.4. The highest BCUT2D eigenvalue weighted by molar-refractivity contribution is 7.89. The van der Waals surface area contributed by atoms with E-state index in [0.29, 0.717) is 13.2 Å². The first kappa shape index (κ1) is 20.9. The van der Waals surface area contributed by atoms with Crippen LogP contribution in [-0.4, -0.2) is 45.4 Å². The molecule has 0 bridgehead atoms. The highest BCUT2D eigenvalue weighted by Gasteiger charge is 2.22. The molecular weight excluding hydrogens is 364 g/mol. The molecule has 2 aromatic carbocycles. The summed E-state index contributed by atoms with van der Waals surface area (Å²) in [5.74, 6) is 0.529. The average molecular weight is 391 g/mol. The van der Waals surface area contributed by atoms with E-state index in [-0.39, 0.29) is 17.3 Å². The maximum atomic E-state index is 12.4. The van der Waals surface area contributed by atoms with E-state index in [9.17, 15) is 13.2 Å². The lowest BCUT2D eigenvalue weighted by molar-refractivity contribution is -0.121. The number of aryl methyl sites for hydroxylation is 1. The number of sulfonamides is 1. The van der Waals surface area contributed by atoms with Crippen molar-refractivity contribution in [3.8, 4) is 5.75 Å². The van der Waals surface area contributed by atoms with Crippen molar-refractivity contribution in [3.63, 3.8) is 0 Å². The zero-order valence-corrected chi connectivity index (χ0v) is 16.5. The number of hydrogen-bond donors (Lipinski definition) is 1. The summed E-state index contributed by atoms with van der Waals surface area (Å²) in [4.78, 5) is 12.2. The molecule has 0 unspecified atom stereocenters. The van der Waals surface area contributed by atoms with Crippen molar-refractivity contribution in [2.75, 3.05) is 26.7 Å². The summed E-state index contributed by atoms with van der Waals surface area (Å²) in [7, 11) is -2.25. The Hall–Kier alpha value is -2.38. The predicted octanol–water partition coefficient (Wildman–Crippen LogP) is 2.45. The van der Waals surface area contributed by atoms with Gasteiger partial charge in [0.15, 0.2) is 0 Å². The molecule has 0 spiro atoms. The lowest BCUT2D eigenvalue weighted by Gasteiger charge is -2.16. The quantitative estimate of drug-likeness (QED) is 0.633. The number of likely N-dealkylation sites (N-methyl/N-ethyl adjacent to an activating group) is 1. The number of nitrogens with zero attached hydrogens (tertiary/aromatic N) is 1. The largest absolute Gasteiger partial charge is 0.494 e. The summed E-state index contributed by atoms with van der Waals surface area (Å²) < 4.78 is 31.2. The molecule has 0 aliphatic heterocycles. The Morgan fingerprint density at radius 1 is 1.07 bits per heavy atom. The summed E-state index contributed by atoms with van der Waals surface area (Å²) in [6.45, 7) is 2.87. The van der Waals surface area contributed by atoms with E-state index in [4.69, 9.17) is 4.74 Å². The van der Waals surface area contributed by atoms with E-state index in [1.807, 2.05) is 31.2 Å². The zero-order chi connectivity index (χ0) is 19.7. The number of amides is 1. The molecule has 0 saturated heterocycles. The van der Waals surface area contributed by atoms with Crippen LogP contribution in [-0.2, 0) is 21.2 Å². The van der Waals surface area contributed by atoms with Crippen LogP contribution in [0.2, 0.25) is 0 Å². The van der Waals surface area contributed by atoms with E-state index in [2.05, 4.69) is 5.32 Å². The number of ether oxygens (including phenoxy) is 1. The molecule has 1 N–H and O–H groups in total. The SMILES string of the molecule is CCOc1ccc(CCCNC(=O)CN(C)S(=O)(=O)c2ccccc2)cc1. The maximum Gasteiger partial charge on any atom is 0.243 e. The van der Waals surface area contributed by atoms with Crippen LogP contribution in [0.3, 0.4) is 0 Å². The third kappa shape index (κ3) is 6.37. The van der Waals surface area contributed by atoms with Crippen molar-refractivity contribution < 1.29 is 17.9 Å². The van der Waals surface area contributed by atoms with Gasteiger partial charge in [0, 0.05) is 13.6 Å². The standard InChI is InChI=1S/C20H26N2O4S/c1-3-26-18-13-11-17(12-14-18)8-7-15-21-20(23)16-22(2)27(24,25)19-9-5-4-6-10-19/h4-6,9-14H,3,7-8,15-16H2,1-2H3,(H,21,23). The number of hydrogen-bond acceptors (Lipinski definition) is 4. The number of rotatable bonds is 10. The van der Waals surface area contributed by atoms with Gasteiger partial charge in [-0.15, -0.1) is 0 Å². The Kier molecular flexibility index (Phi) is 7.82. The van der Waals surface area contributed by atoms with Crippen molar-refractivity contribution in [2.45, 2.75) is 24.7 Å². The Labute approximate surface area is 161 Å². The van der Waals surface area contributed by atoms with Crippen molar-refractivity contribution in [1.29, 1.82) is 0 Å². The summed E-state index contributed by atoms with van der Waals surface area (Å²) in [6, 6.07) is 16.0. The molecule has 0 saturated carbocycles. The van der Waals surface area contributed by atoms with Gasteiger partial charge in [0.2, 0.25) is 15.9 Å². The van der Waals surface area contributed by atoms with Crippen LogP contribution in [0.5, 0.6) is 5.75 Å². The van der Waals surface area contributed by atoms with Crippen molar-refractivity contribution in [2.24, 2.45) is 0 Å². The second-order valence-electron chi connectivity index (χ2n) is 6.10. The van der Waals surface area contributed by atoms with Gasteiger partial charge in [0.1, 0.15) is 5.75 Å². The average Bonchev–Trinajstić information content (AvgIpc) is 2.67. The van der Waals surface area contributed by atoms with E-state index in [1.165, 1.54) is 19.2 Å². The second-order valence-corrected chi connectivity index (χ2v) is 8.15. The van der Waals surface area contributed by atoms with Crippen LogP contribution in [0.25, 0.3) is 0 Å². The van der Waals surface area contributed by atoms with Gasteiger partial charge in [-0.25, -0.2) is 8.42 Å². The van der Waals surface area contributed by atoms with Crippen molar-refractivity contribution in [1.82, 2.24) is 9.62 Å². The number of benzene rings is 2. The zero-order valence-electron chi connectivity index (χ0n) is 15.7. The third-order valence-electron chi connectivity index (χ3n) is 4.02. The minimum absolute atomic E-state index is 0.177. The smallest absolute Gasteiger partial charge is 0.243 e. The fourth-order valence-corrected chi connectivity index (χ4v) is 3.70. The lowest BCUT2D eigenvalue weighted by atomic mass is 10.1. The van der Waals surface area contributed by atoms with Gasteiger partial charge in [0.25, 0.3) is 0 Å². The van der Waals surface area contributed by atoms with Gasteiger partial charge in [-0.3, -0.25) is 4.79 Å². The van der Waals surface area contributed by atoms with Gasteiger partial charge in [0.05, 0.1) is 18.0 Å². The molecule has 0 radical (unpaired) electrons. The number of carbonyl (C=O) groups excluding carboxylic acids is 1. The predicted molar refractivity (Wildman–Crippen MR) is 105 cm³/mol. The van der Waals surface area contributed by atoms with Gasteiger partial charge < -0.3 is 10.1 Å². The minimum Gasteiger partial charge on any atom is -0.494 e. The third-order valence-corrected chi connectivity index (χ3v) is 5.83. The fraction of sp³-hybridized carbons (Fsp3) is 0.350. The molecular formula is C20H26N2O4S. The molecule has 2 aromatic rings. The molecule has 7 heteroatoms. The fourth-order valence-electron chi connectivity index (χ4n) is 2.55. The van der Waals surface area contributed by atoms with Crippen LogP contribution in [0.4, 0.5) is 0 Å². The Bertz CT molecular complexity index is 821. The summed E-state index contributed by atoms with van der Waals surface area (Å²) in [5.41, 5.74) is 1.16. The van der Waals surface area contributed by atoms with Crippen molar-refractivity contribution in [3.05, 3.63) is 60.2 Å². The molecule has 0 aliphatic carbocycles. The van der Waals surface area contributed by atoms with E-state index in [0.717, 1.165) is 28.5 Å². The van der Waals surface area contributed by atoms with Gasteiger partial charge >= 0.3 is 0 Å². The summed E-state index contributed by atoms with van der Waals surface area (Å²) >= 11 is 0. The molecule has 0 aliphatic rings. The summed E-state index contributed by atoms with van der Waals surface area (Å²) in [5, 5.41) is 2.77. The van der Waals surface area contributed by atoms with E-state index < -0.39 is 10.0 Å². The first-order valence-corrected chi connectivity index (χ1v) is 10.4. The molecule has 27 heavy (non-hydrogen) atoms. The topological polar surface area (TPSA) is 75.7 Å². The van der Waals surface area contributed by atoms with Crippen molar-refractivity contribution >= 4 is 15.9 Å². The van der Waals surface area contributed by atoms with Crippen LogP contribution in [0.1, 0.15) is 18.9 Å². The van der Waals surface area contributed by atoms with Crippen LogP contribution in [0.15, 0.2) is 59.5 Å². The molecule has 146 valence electrons. The summed E-state index contributed by atoms with van der Waals surface area (Å²) in [6.07, 6.45) is 1.60. The minimum atomic E-state index is -3.66. The number of nitrogens with one attached hydrogen (secondary N) is 1. The maximum absolute atomic E-state index is 12.4. The Morgan fingerprint density at radius 3 is 2.37 bits per heavy atom. The first-order valence-electron chi connectivity index (χ1n) is 8.93. The van der Waals surface area contributed by atoms with E-state index in [1.54, 1.807) is 18.2 Å². The monoisotopic (exact) mass is 390 g/mol. The molecule has 0 aromatic heterocycles. The highest BCUT2D eigenvalue weighted by atomic mass is 32.2. The van der Waals surface area contributed by atoms with E-state index >= 15 is 0 Å². The molecule has 6 nitrogen and oxygen atoms in total. The van der Waals surface area contributed by atoms with Gasteiger partial charge in [-0.05, 0) is 49.6 Å². The Balaban J connectivity index is 1.74. The second kappa shape index (κ2) is 10.1. The molecule has 0 fully saturated rings. The van der Waals surface area contributed by atoms with Crippen LogP contribution < -0.4 is 10.1 Å². The van der Waals surface area contributed by atoms with Crippen LogP contribution in [0, 0.1) is 0 Å². The molecule has 2 rings (SSSR count). The first-order chi connectivity index (χ1) is 12.9. The molecule has 1 amide bonds. The van der Waals surface area contributed by atoms with Crippen LogP contribution >= 0.6 is 0 Å².